The average Bonchev–Trinajstić information content (AvgIpc) is 3.06. The second kappa shape index (κ2) is 9.06. The summed E-state index contributed by atoms with van der Waals surface area (Å²) >= 11 is 0. The van der Waals surface area contributed by atoms with Crippen molar-refractivity contribution in [3.05, 3.63) is 48.4 Å². The van der Waals surface area contributed by atoms with E-state index in [1.165, 1.54) is 12.0 Å². The molecule has 0 atom stereocenters. The van der Waals surface area contributed by atoms with Crippen LogP contribution < -0.4 is 4.90 Å². The molecule has 10 heteroatoms. The first-order chi connectivity index (χ1) is 12.8. The van der Waals surface area contributed by atoms with Crippen molar-refractivity contribution in [3.63, 3.8) is 0 Å². The van der Waals surface area contributed by atoms with Crippen LogP contribution >= 0.6 is 0 Å². The molecule has 0 unspecified atom stereocenters. The first-order valence-electron chi connectivity index (χ1n) is 8.09. The van der Waals surface area contributed by atoms with Crippen molar-refractivity contribution in [1.29, 1.82) is 0 Å². The fourth-order valence-corrected chi connectivity index (χ4v) is 2.50. The van der Waals surface area contributed by atoms with Gasteiger partial charge in [-0.3, -0.25) is 4.79 Å². The normalized spacial score (nSPS) is 14.8. The Morgan fingerprint density at radius 2 is 1.70 bits per heavy atom. The smallest absolute Gasteiger partial charge is 0.475 e. The van der Waals surface area contributed by atoms with Gasteiger partial charge < -0.3 is 19.4 Å². The van der Waals surface area contributed by atoms with Crippen LogP contribution in [0.25, 0.3) is 0 Å². The molecule has 7 nitrogen and oxygen atoms in total. The number of hydrogen-bond donors (Lipinski definition) is 1. The van der Waals surface area contributed by atoms with Gasteiger partial charge in [0.15, 0.2) is 5.69 Å². The van der Waals surface area contributed by atoms with Crippen molar-refractivity contribution in [3.8, 4) is 0 Å². The molecule has 3 rings (SSSR count). The number of benzene rings is 1. The van der Waals surface area contributed by atoms with E-state index in [0.717, 1.165) is 26.1 Å². The molecule has 0 saturated carbocycles. The van der Waals surface area contributed by atoms with Crippen molar-refractivity contribution < 1.29 is 32.4 Å². The van der Waals surface area contributed by atoms with Gasteiger partial charge in [0.25, 0.3) is 5.91 Å². The summed E-state index contributed by atoms with van der Waals surface area (Å²) in [7, 11) is 0. The summed E-state index contributed by atoms with van der Waals surface area (Å²) in [6.45, 7) is 3.27. The highest BCUT2D eigenvalue weighted by atomic mass is 19.4. The molecule has 1 fully saturated rings. The molecule has 0 radical (unpaired) electrons. The molecule has 1 aliphatic heterocycles. The highest BCUT2D eigenvalue weighted by Gasteiger charge is 2.38. The molecule has 0 aliphatic carbocycles. The van der Waals surface area contributed by atoms with Gasteiger partial charge in [-0.15, -0.1) is 0 Å². The largest absolute Gasteiger partial charge is 0.490 e. The van der Waals surface area contributed by atoms with Gasteiger partial charge >= 0.3 is 12.1 Å². The number of aliphatic carboxylic acids is 1. The van der Waals surface area contributed by atoms with Gasteiger partial charge in [0, 0.05) is 37.9 Å². The Hall–Kier alpha value is -3.04. The third-order valence-electron chi connectivity index (χ3n) is 3.80. The maximum Gasteiger partial charge on any atom is 0.490 e. The summed E-state index contributed by atoms with van der Waals surface area (Å²) in [6, 6.07) is 11.9. The molecule has 0 bridgehead atoms. The lowest BCUT2D eigenvalue weighted by Gasteiger charge is -2.23. The molecule has 146 valence electrons. The highest BCUT2D eigenvalue weighted by molar-refractivity contribution is 5.92. The van der Waals surface area contributed by atoms with E-state index < -0.39 is 12.1 Å². The lowest BCUT2D eigenvalue weighted by molar-refractivity contribution is -0.192. The zero-order valence-electron chi connectivity index (χ0n) is 14.2. The van der Waals surface area contributed by atoms with Crippen LogP contribution in [-0.4, -0.2) is 59.4 Å². The molecular formula is C17H18F3N3O4. The Morgan fingerprint density at radius 1 is 1.04 bits per heavy atom. The van der Waals surface area contributed by atoms with E-state index in [1.807, 2.05) is 23.1 Å². The van der Waals surface area contributed by atoms with Gasteiger partial charge in [-0.1, -0.05) is 23.4 Å². The summed E-state index contributed by atoms with van der Waals surface area (Å²) < 4.78 is 36.5. The zero-order chi connectivity index (χ0) is 19.9. The molecule has 2 aromatic rings. The first kappa shape index (κ1) is 20.3. The minimum absolute atomic E-state index is 0.0475. The number of carbonyl (C=O) groups excluding carboxylic acids is 1. The highest BCUT2D eigenvalue weighted by Crippen LogP contribution is 2.16. The van der Waals surface area contributed by atoms with Crippen molar-refractivity contribution in [2.45, 2.75) is 12.6 Å². The lowest BCUT2D eigenvalue weighted by atomic mass is 10.3. The topological polar surface area (TPSA) is 86.9 Å². The Morgan fingerprint density at radius 3 is 2.26 bits per heavy atom. The number of amides is 1. The number of hydrogen-bond acceptors (Lipinski definition) is 5. The number of anilines is 1. The SMILES string of the molecule is O=C(O)C(F)(F)F.O=C(c1ccon1)N1CCCN(c2ccccc2)CC1. The number of carbonyl (C=O) groups is 2. The monoisotopic (exact) mass is 385 g/mol. The molecule has 1 saturated heterocycles. The number of halogens is 3. The molecule has 1 amide bonds. The van der Waals surface area contributed by atoms with Crippen LogP contribution in [0.4, 0.5) is 18.9 Å². The average molecular weight is 385 g/mol. The number of rotatable bonds is 2. The van der Waals surface area contributed by atoms with Gasteiger partial charge in [0.2, 0.25) is 0 Å². The molecule has 1 N–H and O–H groups in total. The van der Waals surface area contributed by atoms with Gasteiger partial charge in [0.1, 0.15) is 6.26 Å². The van der Waals surface area contributed by atoms with E-state index in [2.05, 4.69) is 22.2 Å². The number of para-hydroxylation sites is 1. The fraction of sp³-hybridized carbons (Fsp3) is 0.353. The minimum Gasteiger partial charge on any atom is -0.475 e. The van der Waals surface area contributed by atoms with E-state index in [9.17, 15) is 18.0 Å². The summed E-state index contributed by atoms with van der Waals surface area (Å²) in [4.78, 5) is 25.3. The molecule has 2 heterocycles. The number of carboxylic acid groups (broad SMARTS) is 1. The Labute approximate surface area is 153 Å². The minimum atomic E-state index is -5.08. The van der Waals surface area contributed by atoms with E-state index in [0.29, 0.717) is 12.2 Å². The summed E-state index contributed by atoms with van der Waals surface area (Å²) in [5, 5.41) is 10.8. The van der Waals surface area contributed by atoms with Gasteiger partial charge in [-0.25, -0.2) is 4.79 Å². The number of carboxylic acids is 1. The fourth-order valence-electron chi connectivity index (χ4n) is 2.50. The molecule has 1 aromatic heterocycles. The van der Waals surface area contributed by atoms with Crippen LogP contribution in [0.15, 0.2) is 47.2 Å². The van der Waals surface area contributed by atoms with E-state index in [-0.39, 0.29) is 5.91 Å². The molecule has 0 spiro atoms. The van der Waals surface area contributed by atoms with Crippen LogP contribution in [-0.2, 0) is 4.79 Å². The predicted molar refractivity (Wildman–Crippen MR) is 89.4 cm³/mol. The van der Waals surface area contributed by atoms with Gasteiger partial charge in [-0.2, -0.15) is 13.2 Å². The number of aromatic nitrogens is 1. The zero-order valence-corrected chi connectivity index (χ0v) is 14.2. The van der Waals surface area contributed by atoms with Gasteiger partial charge in [-0.05, 0) is 18.6 Å². The Bertz CT molecular complexity index is 736. The Balaban J connectivity index is 0.000000321. The van der Waals surface area contributed by atoms with Crippen LogP contribution in [0, 0.1) is 0 Å². The first-order valence-corrected chi connectivity index (χ1v) is 8.09. The van der Waals surface area contributed by atoms with Crippen molar-refractivity contribution in [1.82, 2.24) is 10.1 Å². The summed E-state index contributed by atoms with van der Waals surface area (Å²) in [5.74, 6) is -2.80. The third kappa shape index (κ3) is 6.01. The van der Waals surface area contributed by atoms with Gasteiger partial charge in [0.05, 0.1) is 0 Å². The predicted octanol–water partition coefficient (Wildman–Crippen LogP) is 2.66. The number of alkyl halides is 3. The van der Waals surface area contributed by atoms with Crippen LogP contribution in [0.2, 0.25) is 0 Å². The van der Waals surface area contributed by atoms with Crippen LogP contribution in [0.5, 0.6) is 0 Å². The van der Waals surface area contributed by atoms with Crippen molar-refractivity contribution >= 4 is 17.6 Å². The molecule has 1 aliphatic rings. The maximum atomic E-state index is 12.2. The Kier molecular flexibility index (Phi) is 6.80. The third-order valence-corrected chi connectivity index (χ3v) is 3.80. The van der Waals surface area contributed by atoms with E-state index in [4.69, 9.17) is 14.4 Å². The second-order valence-electron chi connectivity index (χ2n) is 5.66. The maximum absolute atomic E-state index is 12.2. The second-order valence-corrected chi connectivity index (χ2v) is 5.66. The van der Waals surface area contributed by atoms with E-state index >= 15 is 0 Å². The quantitative estimate of drug-likeness (QED) is 0.855. The summed E-state index contributed by atoms with van der Waals surface area (Å²) in [5.41, 5.74) is 1.60. The lowest BCUT2D eigenvalue weighted by Crippen LogP contribution is -2.35. The molecule has 27 heavy (non-hydrogen) atoms. The van der Waals surface area contributed by atoms with Crippen molar-refractivity contribution in [2.24, 2.45) is 0 Å². The molecule has 1 aromatic carbocycles. The van der Waals surface area contributed by atoms with Crippen LogP contribution in [0.3, 0.4) is 0 Å². The van der Waals surface area contributed by atoms with Crippen LogP contribution in [0.1, 0.15) is 16.9 Å². The summed E-state index contributed by atoms with van der Waals surface area (Å²) in [6.07, 6.45) is -2.69. The molecular weight excluding hydrogens is 367 g/mol. The standard InChI is InChI=1S/C15H17N3O2.C2HF3O2/c19-15(14-7-12-20-16-14)18-9-4-8-17(10-11-18)13-5-2-1-3-6-13;3-2(4,5)1(6)7/h1-3,5-7,12H,4,8-11H2;(H,6,7). The number of nitrogens with zero attached hydrogens (tertiary/aromatic N) is 3. The van der Waals surface area contributed by atoms with Crippen molar-refractivity contribution in [2.75, 3.05) is 31.1 Å². The van der Waals surface area contributed by atoms with E-state index in [1.54, 1.807) is 6.07 Å².